The zero-order chi connectivity index (χ0) is 22.5. The van der Waals surface area contributed by atoms with Crippen LogP contribution in [0.25, 0.3) is 5.65 Å². The summed E-state index contributed by atoms with van der Waals surface area (Å²) in [6.07, 6.45) is 5.95. The van der Waals surface area contributed by atoms with Gasteiger partial charge in [-0.3, -0.25) is 14.5 Å². The number of halogens is 1. The molecule has 0 radical (unpaired) electrons. The van der Waals surface area contributed by atoms with E-state index in [0.717, 1.165) is 50.0 Å². The quantitative estimate of drug-likeness (QED) is 0.553. The van der Waals surface area contributed by atoms with E-state index in [2.05, 4.69) is 25.3 Å². The maximum absolute atomic E-state index is 14.6. The fraction of sp³-hybridized carbons (Fsp3) is 0.478. The average molecular weight is 452 g/mol. The minimum atomic E-state index is -0.609. The van der Waals surface area contributed by atoms with Gasteiger partial charge in [0.05, 0.1) is 11.4 Å². The molecule has 3 aromatic heterocycles. The Morgan fingerprint density at radius 2 is 1.94 bits per heavy atom. The predicted octanol–water partition coefficient (Wildman–Crippen LogP) is 1.65. The minimum absolute atomic E-state index is 0.0169. The predicted molar refractivity (Wildman–Crippen MR) is 120 cm³/mol. The molecule has 2 saturated carbocycles. The first kappa shape index (κ1) is 20.3. The van der Waals surface area contributed by atoms with Gasteiger partial charge in [0, 0.05) is 56.6 Å². The van der Waals surface area contributed by atoms with Crippen LogP contribution in [-0.4, -0.2) is 62.6 Å². The molecule has 33 heavy (non-hydrogen) atoms. The molecule has 2 N–H and O–H groups in total. The van der Waals surface area contributed by atoms with Crippen LogP contribution in [0.2, 0.25) is 0 Å². The maximum atomic E-state index is 14.6. The number of aromatic amines is 1. The third kappa shape index (κ3) is 4.22. The van der Waals surface area contributed by atoms with Gasteiger partial charge in [-0.05, 0) is 43.7 Å². The molecule has 3 aromatic rings. The molecule has 0 unspecified atom stereocenters. The van der Waals surface area contributed by atoms with Crippen LogP contribution in [0, 0.1) is 5.95 Å². The second kappa shape index (κ2) is 7.95. The minimum Gasteiger partial charge on any atom is -0.365 e. The first-order valence-corrected chi connectivity index (χ1v) is 11.6. The number of hydrogen-bond acceptors (Lipinski definition) is 6. The first-order valence-electron chi connectivity index (χ1n) is 11.6. The van der Waals surface area contributed by atoms with Crippen molar-refractivity contribution in [1.29, 1.82) is 0 Å². The van der Waals surface area contributed by atoms with Crippen molar-refractivity contribution in [2.45, 2.75) is 44.2 Å². The van der Waals surface area contributed by atoms with Gasteiger partial charge in [-0.15, -0.1) is 0 Å². The third-order valence-corrected chi connectivity index (χ3v) is 6.64. The van der Waals surface area contributed by atoms with Gasteiger partial charge in [-0.1, -0.05) is 0 Å². The molecule has 0 aromatic carbocycles. The number of rotatable bonds is 6. The Labute approximate surface area is 189 Å². The number of anilines is 1. The van der Waals surface area contributed by atoms with Crippen molar-refractivity contribution < 1.29 is 9.18 Å². The lowest BCUT2D eigenvalue weighted by atomic mass is 10.2. The van der Waals surface area contributed by atoms with Crippen molar-refractivity contribution in [2.75, 3.05) is 31.1 Å². The standard InChI is InChI=1S/C23H26FN7O2/c24-21-19(6-5-18(26-21)23(33)25-15-3-4-15)30-9-7-29(8-10-30)12-16-11-20-27-22(32)17(14-1-2-14)13-31(20)28-16/h5-6,11,13-15H,1-4,7-10,12H2,(H,25,33)(H,27,32). The van der Waals surface area contributed by atoms with E-state index in [0.29, 0.717) is 36.9 Å². The average Bonchev–Trinajstić information content (AvgIpc) is 3.73. The molecule has 6 rings (SSSR count). The zero-order valence-corrected chi connectivity index (χ0v) is 18.3. The fourth-order valence-corrected chi connectivity index (χ4v) is 4.43. The van der Waals surface area contributed by atoms with Crippen LogP contribution in [0.4, 0.5) is 10.1 Å². The Hall–Kier alpha value is -3.27. The van der Waals surface area contributed by atoms with Crippen molar-refractivity contribution in [3.05, 3.63) is 57.6 Å². The van der Waals surface area contributed by atoms with E-state index in [4.69, 9.17) is 0 Å². The molecule has 1 amide bonds. The summed E-state index contributed by atoms with van der Waals surface area (Å²) in [6, 6.07) is 5.37. The summed E-state index contributed by atoms with van der Waals surface area (Å²) in [5.41, 5.74) is 2.95. The van der Waals surface area contributed by atoms with Gasteiger partial charge in [-0.2, -0.15) is 9.49 Å². The molecule has 9 nitrogen and oxygen atoms in total. The zero-order valence-electron chi connectivity index (χ0n) is 18.3. The molecule has 1 saturated heterocycles. The molecular weight excluding hydrogens is 425 g/mol. The molecule has 4 heterocycles. The first-order chi connectivity index (χ1) is 16.0. The van der Waals surface area contributed by atoms with Crippen molar-refractivity contribution in [3.63, 3.8) is 0 Å². The van der Waals surface area contributed by atoms with Crippen LogP contribution in [-0.2, 0) is 6.54 Å². The molecule has 2 aliphatic carbocycles. The normalized spacial score (nSPS) is 19.2. The van der Waals surface area contributed by atoms with Crippen molar-refractivity contribution >= 4 is 17.2 Å². The van der Waals surface area contributed by atoms with Crippen LogP contribution < -0.4 is 15.8 Å². The van der Waals surface area contributed by atoms with Gasteiger partial charge < -0.3 is 15.2 Å². The number of pyridine rings is 1. The van der Waals surface area contributed by atoms with Crippen LogP contribution in [0.15, 0.2) is 29.2 Å². The molecule has 3 fully saturated rings. The highest BCUT2D eigenvalue weighted by atomic mass is 19.1. The number of aromatic nitrogens is 4. The number of carbonyl (C=O) groups is 1. The summed E-state index contributed by atoms with van der Waals surface area (Å²) < 4.78 is 16.4. The Balaban J connectivity index is 1.09. The van der Waals surface area contributed by atoms with Crippen molar-refractivity contribution in [2.24, 2.45) is 0 Å². The van der Waals surface area contributed by atoms with Crippen molar-refractivity contribution in [3.8, 4) is 0 Å². The number of carbonyl (C=O) groups excluding carboxylic acids is 1. The lowest BCUT2D eigenvalue weighted by Crippen LogP contribution is -2.46. The van der Waals surface area contributed by atoms with E-state index in [9.17, 15) is 14.0 Å². The SMILES string of the molecule is O=C(NC1CC1)c1ccc(N2CCN(Cc3cc4[nH]c(=O)c(C5CC5)cn4n3)CC2)c(F)n1. The molecular formula is C23H26FN7O2. The van der Waals surface area contributed by atoms with Gasteiger partial charge in [0.2, 0.25) is 5.95 Å². The number of H-pyrrole nitrogens is 1. The summed E-state index contributed by atoms with van der Waals surface area (Å²) in [4.78, 5) is 35.4. The monoisotopic (exact) mass is 451 g/mol. The number of hydrogen-bond donors (Lipinski definition) is 2. The van der Waals surface area contributed by atoms with Crippen molar-refractivity contribution in [1.82, 2.24) is 29.8 Å². The van der Waals surface area contributed by atoms with E-state index >= 15 is 0 Å². The highest BCUT2D eigenvalue weighted by molar-refractivity contribution is 5.92. The molecule has 0 spiro atoms. The highest BCUT2D eigenvalue weighted by Crippen LogP contribution is 2.38. The van der Waals surface area contributed by atoms with Crippen LogP contribution in [0.3, 0.4) is 0 Å². The Bertz CT molecular complexity index is 1270. The summed E-state index contributed by atoms with van der Waals surface area (Å²) >= 11 is 0. The van der Waals surface area contributed by atoms with Gasteiger partial charge in [0.15, 0.2) is 0 Å². The second-order valence-electron chi connectivity index (χ2n) is 9.30. The van der Waals surface area contributed by atoms with E-state index in [1.54, 1.807) is 16.6 Å². The largest absolute Gasteiger partial charge is 0.365 e. The molecule has 0 atom stereocenters. The lowest BCUT2D eigenvalue weighted by Gasteiger charge is -2.35. The van der Waals surface area contributed by atoms with E-state index in [1.807, 2.05) is 17.2 Å². The second-order valence-corrected chi connectivity index (χ2v) is 9.30. The smallest absolute Gasteiger partial charge is 0.270 e. The van der Waals surface area contributed by atoms with Crippen LogP contribution in [0.1, 0.15) is 53.3 Å². The number of piperazine rings is 1. The van der Waals surface area contributed by atoms with Gasteiger partial charge in [0.25, 0.3) is 11.5 Å². The summed E-state index contributed by atoms with van der Waals surface area (Å²) in [7, 11) is 0. The topological polar surface area (TPSA) is 98.6 Å². The van der Waals surface area contributed by atoms with Gasteiger partial charge in [0.1, 0.15) is 11.3 Å². The molecule has 3 aliphatic rings. The highest BCUT2D eigenvalue weighted by Gasteiger charge is 2.28. The number of nitrogens with zero attached hydrogens (tertiary/aromatic N) is 5. The molecule has 172 valence electrons. The lowest BCUT2D eigenvalue weighted by molar-refractivity contribution is 0.0945. The van der Waals surface area contributed by atoms with E-state index in [-0.39, 0.29) is 23.2 Å². The van der Waals surface area contributed by atoms with E-state index < -0.39 is 5.95 Å². The van der Waals surface area contributed by atoms with Crippen LogP contribution in [0.5, 0.6) is 0 Å². The summed E-state index contributed by atoms with van der Waals surface area (Å²) in [5, 5.41) is 7.48. The number of nitrogens with one attached hydrogen (secondary N) is 2. The Morgan fingerprint density at radius 3 is 2.64 bits per heavy atom. The Kier molecular flexibility index (Phi) is 4.90. The van der Waals surface area contributed by atoms with Crippen LogP contribution >= 0.6 is 0 Å². The molecule has 1 aliphatic heterocycles. The Morgan fingerprint density at radius 1 is 1.15 bits per heavy atom. The number of amides is 1. The summed E-state index contributed by atoms with van der Waals surface area (Å²) in [6.45, 7) is 3.48. The number of fused-ring (bicyclic) bond motifs is 1. The van der Waals surface area contributed by atoms with Gasteiger partial charge >= 0.3 is 0 Å². The fourth-order valence-electron chi connectivity index (χ4n) is 4.43. The molecule has 0 bridgehead atoms. The molecule has 10 heteroatoms. The maximum Gasteiger partial charge on any atom is 0.270 e. The van der Waals surface area contributed by atoms with Gasteiger partial charge in [-0.25, -0.2) is 9.50 Å². The third-order valence-electron chi connectivity index (χ3n) is 6.64. The summed E-state index contributed by atoms with van der Waals surface area (Å²) in [5.74, 6) is -0.552. The van der Waals surface area contributed by atoms with E-state index in [1.165, 1.54) is 0 Å².